The molecule has 2 unspecified atom stereocenters. The molecule has 0 saturated carbocycles. The minimum atomic E-state index is -0.863. The Kier molecular flexibility index (Phi) is 38.9. The Bertz CT molecular complexity index is 731. The first-order valence-electron chi connectivity index (χ1n) is 21.2. The van der Waals surface area contributed by atoms with E-state index in [1.807, 2.05) is 6.08 Å². The largest absolute Gasteiger partial charge is 0.394 e. The molecule has 0 aromatic rings. The van der Waals surface area contributed by atoms with Gasteiger partial charge in [-0.1, -0.05) is 192 Å². The fourth-order valence-electron chi connectivity index (χ4n) is 6.31. The van der Waals surface area contributed by atoms with Gasteiger partial charge in [0.25, 0.3) is 0 Å². The summed E-state index contributed by atoms with van der Waals surface area (Å²) in [6, 6.07) is -0.641. The number of hydrogen-bond donors (Lipinski definition) is 3. The van der Waals surface area contributed by atoms with Crippen LogP contribution in [0.2, 0.25) is 0 Å². The van der Waals surface area contributed by atoms with E-state index in [2.05, 4.69) is 43.5 Å². The Morgan fingerprint density at radius 2 is 0.812 bits per heavy atom. The van der Waals surface area contributed by atoms with Crippen LogP contribution in [0.15, 0.2) is 36.5 Å². The molecule has 0 aromatic heterocycles. The van der Waals surface area contributed by atoms with E-state index in [4.69, 9.17) is 0 Å². The number of allylic oxidation sites excluding steroid dienone is 5. The van der Waals surface area contributed by atoms with E-state index >= 15 is 0 Å². The van der Waals surface area contributed by atoms with Crippen LogP contribution >= 0.6 is 0 Å². The van der Waals surface area contributed by atoms with Crippen molar-refractivity contribution in [3.05, 3.63) is 36.5 Å². The highest BCUT2D eigenvalue weighted by molar-refractivity contribution is 5.76. The van der Waals surface area contributed by atoms with Crippen molar-refractivity contribution in [1.29, 1.82) is 0 Å². The topological polar surface area (TPSA) is 69.6 Å². The molecule has 0 aliphatic heterocycles. The van der Waals surface area contributed by atoms with Crippen molar-refractivity contribution in [3.63, 3.8) is 0 Å². The first-order chi connectivity index (χ1) is 23.7. The molecule has 0 aromatic carbocycles. The summed E-state index contributed by atoms with van der Waals surface area (Å²) < 4.78 is 0. The zero-order chi connectivity index (χ0) is 35.0. The van der Waals surface area contributed by atoms with Gasteiger partial charge in [-0.15, -0.1) is 0 Å². The summed E-state index contributed by atoms with van der Waals surface area (Å²) in [5, 5.41) is 22.9. The summed E-state index contributed by atoms with van der Waals surface area (Å²) in [7, 11) is 0. The van der Waals surface area contributed by atoms with Crippen molar-refractivity contribution >= 4 is 5.91 Å². The smallest absolute Gasteiger partial charge is 0.220 e. The molecule has 0 spiro atoms. The van der Waals surface area contributed by atoms with Gasteiger partial charge < -0.3 is 15.5 Å². The molecular weight excluding hydrogens is 590 g/mol. The highest BCUT2D eigenvalue weighted by atomic mass is 16.3. The van der Waals surface area contributed by atoms with Gasteiger partial charge in [-0.25, -0.2) is 0 Å². The Hall–Kier alpha value is -1.39. The van der Waals surface area contributed by atoms with Gasteiger partial charge in [-0.2, -0.15) is 0 Å². The van der Waals surface area contributed by atoms with Crippen molar-refractivity contribution in [1.82, 2.24) is 5.32 Å². The summed E-state index contributed by atoms with van der Waals surface area (Å²) in [6.45, 7) is 4.27. The predicted octanol–water partition coefficient (Wildman–Crippen LogP) is 13.0. The van der Waals surface area contributed by atoms with Gasteiger partial charge in [0, 0.05) is 6.42 Å². The number of aliphatic hydroxyl groups is 2. The number of aliphatic hydroxyl groups excluding tert-OH is 2. The number of carbonyl (C=O) groups is 1. The van der Waals surface area contributed by atoms with Crippen LogP contribution in [0.25, 0.3) is 0 Å². The monoisotopic (exact) mass is 674 g/mol. The summed E-state index contributed by atoms with van der Waals surface area (Å²) in [5.74, 6) is -0.0842. The van der Waals surface area contributed by atoms with Gasteiger partial charge >= 0.3 is 0 Å². The predicted molar refractivity (Wildman–Crippen MR) is 212 cm³/mol. The standard InChI is InChI=1S/C44H83NO3/c1-3-5-7-9-11-13-15-17-18-19-20-21-22-23-24-25-26-27-28-29-31-33-35-37-39-43(47)42(41-46)45-44(48)40-38-36-34-32-30-16-14-12-10-8-6-4-2/h12,14,29,31,37,39,42-43,46-47H,3-11,13,15-28,30,32-36,38,40-41H2,1-2H3,(H,45,48)/b14-12-,31-29+,39-37+. The molecule has 4 heteroatoms. The third-order valence-corrected chi connectivity index (χ3v) is 9.60. The lowest BCUT2D eigenvalue weighted by Gasteiger charge is -2.19. The van der Waals surface area contributed by atoms with Crippen LogP contribution < -0.4 is 5.32 Å². The molecule has 3 N–H and O–H groups in total. The summed E-state index contributed by atoms with van der Waals surface area (Å²) >= 11 is 0. The number of amides is 1. The molecule has 0 aliphatic rings. The van der Waals surface area contributed by atoms with Crippen LogP contribution in [0, 0.1) is 0 Å². The summed E-state index contributed by atoms with van der Waals surface area (Å²) in [4.78, 5) is 12.3. The molecule has 0 fully saturated rings. The third-order valence-electron chi connectivity index (χ3n) is 9.60. The van der Waals surface area contributed by atoms with Gasteiger partial charge in [0.1, 0.15) is 0 Å². The molecule has 0 rings (SSSR count). The van der Waals surface area contributed by atoms with E-state index in [0.717, 1.165) is 44.9 Å². The molecule has 0 heterocycles. The zero-order valence-electron chi connectivity index (χ0n) is 32.3. The van der Waals surface area contributed by atoms with Crippen LogP contribution in [-0.2, 0) is 4.79 Å². The maximum Gasteiger partial charge on any atom is 0.220 e. The van der Waals surface area contributed by atoms with Gasteiger partial charge in [-0.3, -0.25) is 4.79 Å². The lowest BCUT2D eigenvalue weighted by Crippen LogP contribution is -2.45. The minimum absolute atomic E-state index is 0.0842. The van der Waals surface area contributed by atoms with E-state index in [0.29, 0.717) is 6.42 Å². The van der Waals surface area contributed by atoms with Crippen molar-refractivity contribution in [3.8, 4) is 0 Å². The average Bonchev–Trinajstić information content (AvgIpc) is 3.09. The van der Waals surface area contributed by atoms with Crippen molar-refractivity contribution in [2.45, 2.75) is 231 Å². The highest BCUT2D eigenvalue weighted by Gasteiger charge is 2.17. The van der Waals surface area contributed by atoms with Crippen molar-refractivity contribution < 1.29 is 15.0 Å². The maximum absolute atomic E-state index is 12.3. The fraction of sp³-hybridized carbons (Fsp3) is 0.841. The lowest BCUT2D eigenvalue weighted by atomic mass is 10.0. The maximum atomic E-state index is 12.3. The summed E-state index contributed by atoms with van der Waals surface area (Å²) in [6.07, 6.45) is 52.6. The number of hydrogen-bond acceptors (Lipinski definition) is 3. The lowest BCUT2D eigenvalue weighted by molar-refractivity contribution is -0.123. The molecule has 0 bridgehead atoms. The number of unbranched alkanes of at least 4 members (excludes halogenated alkanes) is 27. The van der Waals surface area contributed by atoms with Crippen LogP contribution in [0.1, 0.15) is 219 Å². The second-order valence-corrected chi connectivity index (χ2v) is 14.4. The molecule has 48 heavy (non-hydrogen) atoms. The second kappa shape index (κ2) is 40.0. The SMILES string of the molecule is CCCCC/C=C\CCCCCCCC(=O)NC(CO)C(O)/C=C/CC/C=C/CCCCCCCCCCCCCCCCCCCC. The fourth-order valence-corrected chi connectivity index (χ4v) is 6.31. The first-order valence-corrected chi connectivity index (χ1v) is 21.2. The van der Waals surface area contributed by atoms with Gasteiger partial charge in [-0.05, 0) is 57.8 Å². The molecule has 282 valence electrons. The first kappa shape index (κ1) is 46.6. The number of carbonyl (C=O) groups excluding carboxylic acids is 1. The Labute approximate surface area is 300 Å². The van der Waals surface area contributed by atoms with E-state index in [9.17, 15) is 15.0 Å². The number of rotatable bonds is 38. The number of nitrogens with one attached hydrogen (secondary N) is 1. The Morgan fingerprint density at radius 3 is 1.25 bits per heavy atom. The molecule has 0 saturated heterocycles. The average molecular weight is 674 g/mol. The molecular formula is C44H83NO3. The molecule has 1 amide bonds. The van der Waals surface area contributed by atoms with Gasteiger partial charge in [0.05, 0.1) is 18.8 Å². The van der Waals surface area contributed by atoms with E-state index in [-0.39, 0.29) is 12.5 Å². The van der Waals surface area contributed by atoms with E-state index in [1.165, 1.54) is 154 Å². The normalized spacial score (nSPS) is 13.3. The van der Waals surface area contributed by atoms with Crippen LogP contribution in [-0.4, -0.2) is 34.9 Å². The molecule has 0 aliphatic carbocycles. The molecule has 2 atom stereocenters. The Balaban J connectivity index is 3.58. The minimum Gasteiger partial charge on any atom is -0.394 e. The summed E-state index contributed by atoms with van der Waals surface area (Å²) in [5.41, 5.74) is 0. The van der Waals surface area contributed by atoms with Gasteiger partial charge in [0.2, 0.25) is 5.91 Å². The van der Waals surface area contributed by atoms with Crippen molar-refractivity contribution in [2.75, 3.05) is 6.61 Å². The Morgan fingerprint density at radius 1 is 0.479 bits per heavy atom. The van der Waals surface area contributed by atoms with Gasteiger partial charge in [0.15, 0.2) is 0 Å². The highest BCUT2D eigenvalue weighted by Crippen LogP contribution is 2.15. The second-order valence-electron chi connectivity index (χ2n) is 14.4. The third kappa shape index (κ3) is 35.9. The van der Waals surface area contributed by atoms with E-state index < -0.39 is 12.1 Å². The van der Waals surface area contributed by atoms with Crippen LogP contribution in [0.3, 0.4) is 0 Å². The van der Waals surface area contributed by atoms with Crippen LogP contribution in [0.4, 0.5) is 0 Å². The molecule has 4 nitrogen and oxygen atoms in total. The zero-order valence-corrected chi connectivity index (χ0v) is 32.3. The van der Waals surface area contributed by atoms with E-state index in [1.54, 1.807) is 6.08 Å². The van der Waals surface area contributed by atoms with Crippen molar-refractivity contribution in [2.24, 2.45) is 0 Å². The molecule has 0 radical (unpaired) electrons. The quantitative estimate of drug-likeness (QED) is 0.0451. The van der Waals surface area contributed by atoms with Crippen LogP contribution in [0.5, 0.6) is 0 Å².